The van der Waals surface area contributed by atoms with Crippen LogP contribution >= 0.6 is 0 Å². The molecular weight excluding hydrogens is 443 g/mol. The zero-order chi connectivity index (χ0) is 23.9. The predicted molar refractivity (Wildman–Crippen MR) is 128 cm³/mol. The molecule has 0 spiro atoms. The molecule has 0 saturated heterocycles. The standard InChI is InChI=1S/C24H25FN4O3S/c1-5-33(31,32)27-21-11-18(19-9-15(2)24(30)28(4)14-19)12-22-23(21)26-16(3)29(22)13-17-7-6-8-20(25)10-17/h6-12,14,27H,5,13H2,1-4H3. The molecule has 33 heavy (non-hydrogen) atoms. The van der Waals surface area contributed by atoms with Crippen molar-refractivity contribution in [3.05, 3.63) is 81.8 Å². The number of aryl methyl sites for hydroxylation is 3. The lowest BCUT2D eigenvalue weighted by Gasteiger charge is -2.13. The fourth-order valence-corrected chi connectivity index (χ4v) is 4.51. The number of aromatic nitrogens is 3. The van der Waals surface area contributed by atoms with Crippen LogP contribution in [-0.4, -0.2) is 28.3 Å². The Morgan fingerprint density at radius 1 is 1.09 bits per heavy atom. The average molecular weight is 469 g/mol. The zero-order valence-electron chi connectivity index (χ0n) is 18.9. The molecule has 1 N–H and O–H groups in total. The molecule has 172 valence electrons. The van der Waals surface area contributed by atoms with Gasteiger partial charge >= 0.3 is 0 Å². The van der Waals surface area contributed by atoms with Crippen LogP contribution in [0.1, 0.15) is 23.9 Å². The number of pyridine rings is 1. The second-order valence-electron chi connectivity index (χ2n) is 8.10. The Hall–Kier alpha value is -3.46. The fourth-order valence-electron chi connectivity index (χ4n) is 3.88. The SMILES string of the molecule is CCS(=O)(=O)Nc1cc(-c2cc(C)c(=O)n(C)c2)cc2c1nc(C)n2Cc1cccc(F)c1. The monoisotopic (exact) mass is 468 g/mol. The zero-order valence-corrected chi connectivity index (χ0v) is 19.7. The molecule has 0 radical (unpaired) electrons. The molecule has 0 amide bonds. The molecule has 7 nitrogen and oxygen atoms in total. The van der Waals surface area contributed by atoms with Gasteiger partial charge in [-0.2, -0.15) is 0 Å². The van der Waals surface area contributed by atoms with Gasteiger partial charge in [-0.15, -0.1) is 0 Å². The fraction of sp³-hybridized carbons (Fsp3) is 0.250. The summed E-state index contributed by atoms with van der Waals surface area (Å²) in [5.74, 6) is 0.257. The number of nitrogens with zero attached hydrogens (tertiary/aromatic N) is 3. The van der Waals surface area contributed by atoms with E-state index in [-0.39, 0.29) is 17.1 Å². The van der Waals surface area contributed by atoms with Crippen molar-refractivity contribution in [2.45, 2.75) is 27.3 Å². The topological polar surface area (TPSA) is 86.0 Å². The van der Waals surface area contributed by atoms with Gasteiger partial charge in [-0.3, -0.25) is 9.52 Å². The summed E-state index contributed by atoms with van der Waals surface area (Å²) in [7, 11) is -1.88. The Morgan fingerprint density at radius 3 is 2.52 bits per heavy atom. The number of sulfonamides is 1. The molecule has 9 heteroatoms. The van der Waals surface area contributed by atoms with Crippen LogP contribution in [0.4, 0.5) is 10.1 Å². The highest BCUT2D eigenvalue weighted by Gasteiger charge is 2.18. The Balaban J connectivity index is 1.96. The molecule has 4 aromatic rings. The molecule has 4 rings (SSSR count). The number of hydrogen-bond acceptors (Lipinski definition) is 4. The molecule has 0 bridgehead atoms. The van der Waals surface area contributed by atoms with Crippen LogP contribution in [-0.2, 0) is 23.6 Å². The molecule has 2 aromatic carbocycles. The third-order valence-corrected chi connectivity index (χ3v) is 6.91. The van der Waals surface area contributed by atoms with Gasteiger partial charge in [0, 0.05) is 25.4 Å². The first-order valence-corrected chi connectivity index (χ1v) is 12.2. The number of fused-ring (bicyclic) bond motifs is 1. The number of imidazole rings is 1. The Labute approximate surface area is 191 Å². The minimum atomic E-state index is -3.56. The van der Waals surface area contributed by atoms with Gasteiger partial charge in [-0.25, -0.2) is 17.8 Å². The van der Waals surface area contributed by atoms with Crippen molar-refractivity contribution < 1.29 is 12.8 Å². The molecule has 0 saturated carbocycles. The van der Waals surface area contributed by atoms with Gasteiger partial charge < -0.3 is 9.13 Å². The number of anilines is 1. The molecule has 0 atom stereocenters. The Kier molecular flexibility index (Phi) is 5.84. The summed E-state index contributed by atoms with van der Waals surface area (Å²) >= 11 is 0. The van der Waals surface area contributed by atoms with E-state index in [1.54, 1.807) is 45.3 Å². The van der Waals surface area contributed by atoms with E-state index in [0.29, 0.717) is 34.7 Å². The number of halogens is 1. The van der Waals surface area contributed by atoms with Crippen molar-refractivity contribution in [3.63, 3.8) is 0 Å². The van der Waals surface area contributed by atoms with Gasteiger partial charge in [0.15, 0.2) is 0 Å². The minimum Gasteiger partial charge on any atom is -0.324 e. The van der Waals surface area contributed by atoms with Gasteiger partial charge in [0.1, 0.15) is 17.2 Å². The first kappa shape index (κ1) is 22.7. The van der Waals surface area contributed by atoms with Crippen molar-refractivity contribution in [2.24, 2.45) is 7.05 Å². The van der Waals surface area contributed by atoms with Crippen LogP contribution in [0.15, 0.2) is 53.5 Å². The van der Waals surface area contributed by atoms with Crippen molar-refractivity contribution >= 4 is 26.7 Å². The smallest absolute Gasteiger partial charge is 0.253 e. The van der Waals surface area contributed by atoms with Crippen molar-refractivity contribution in [1.82, 2.24) is 14.1 Å². The lowest BCUT2D eigenvalue weighted by atomic mass is 10.0. The Bertz CT molecular complexity index is 1510. The molecule has 0 aliphatic carbocycles. The first-order chi connectivity index (χ1) is 15.6. The molecule has 0 aliphatic rings. The lowest BCUT2D eigenvalue weighted by Crippen LogP contribution is -2.18. The second kappa shape index (κ2) is 8.47. The number of rotatable bonds is 6. The van der Waals surface area contributed by atoms with Crippen LogP contribution in [0, 0.1) is 19.7 Å². The number of hydrogen-bond donors (Lipinski definition) is 1. The van der Waals surface area contributed by atoms with E-state index in [0.717, 1.165) is 16.7 Å². The van der Waals surface area contributed by atoms with Crippen molar-refractivity contribution in [2.75, 3.05) is 10.5 Å². The highest BCUT2D eigenvalue weighted by molar-refractivity contribution is 7.92. The van der Waals surface area contributed by atoms with Gasteiger partial charge in [0.05, 0.1) is 17.0 Å². The highest BCUT2D eigenvalue weighted by Crippen LogP contribution is 2.32. The molecule has 2 aromatic heterocycles. The van der Waals surface area contributed by atoms with E-state index in [9.17, 15) is 17.6 Å². The van der Waals surface area contributed by atoms with E-state index in [2.05, 4.69) is 9.71 Å². The van der Waals surface area contributed by atoms with E-state index in [4.69, 9.17) is 0 Å². The van der Waals surface area contributed by atoms with E-state index in [1.807, 2.05) is 23.6 Å². The maximum atomic E-state index is 13.8. The van der Waals surface area contributed by atoms with Crippen LogP contribution in [0.25, 0.3) is 22.2 Å². The molecule has 0 fully saturated rings. The molecule has 0 unspecified atom stereocenters. The predicted octanol–water partition coefficient (Wildman–Crippen LogP) is 3.97. The normalized spacial score (nSPS) is 11.8. The summed E-state index contributed by atoms with van der Waals surface area (Å²) in [5, 5.41) is 0. The van der Waals surface area contributed by atoms with Crippen molar-refractivity contribution in [3.8, 4) is 11.1 Å². The highest BCUT2D eigenvalue weighted by atomic mass is 32.2. The van der Waals surface area contributed by atoms with E-state index >= 15 is 0 Å². The number of nitrogens with one attached hydrogen (secondary N) is 1. The largest absolute Gasteiger partial charge is 0.324 e. The van der Waals surface area contributed by atoms with Crippen LogP contribution in [0.3, 0.4) is 0 Å². The van der Waals surface area contributed by atoms with Gasteiger partial charge in [-0.1, -0.05) is 12.1 Å². The summed E-state index contributed by atoms with van der Waals surface area (Å²) in [5.41, 5.74) is 4.31. The first-order valence-electron chi connectivity index (χ1n) is 10.5. The summed E-state index contributed by atoms with van der Waals surface area (Å²) in [6.45, 7) is 5.50. The lowest BCUT2D eigenvalue weighted by molar-refractivity contribution is 0.602. The van der Waals surface area contributed by atoms with Crippen LogP contribution < -0.4 is 10.3 Å². The molecular formula is C24H25FN4O3S. The van der Waals surface area contributed by atoms with Gasteiger partial charge in [-0.05, 0) is 67.8 Å². The summed E-state index contributed by atoms with van der Waals surface area (Å²) in [6.07, 6.45) is 1.72. The third kappa shape index (κ3) is 4.54. The van der Waals surface area contributed by atoms with Gasteiger partial charge in [0.25, 0.3) is 5.56 Å². The third-order valence-electron chi connectivity index (χ3n) is 5.62. The quantitative estimate of drug-likeness (QED) is 0.464. The van der Waals surface area contributed by atoms with Crippen molar-refractivity contribution in [1.29, 1.82) is 0 Å². The summed E-state index contributed by atoms with van der Waals surface area (Å²) in [6, 6.07) is 11.8. The summed E-state index contributed by atoms with van der Waals surface area (Å²) < 4.78 is 44.6. The van der Waals surface area contributed by atoms with Crippen LogP contribution in [0.2, 0.25) is 0 Å². The Morgan fingerprint density at radius 2 is 1.85 bits per heavy atom. The average Bonchev–Trinajstić information content (AvgIpc) is 3.07. The second-order valence-corrected chi connectivity index (χ2v) is 10.1. The van der Waals surface area contributed by atoms with E-state index < -0.39 is 10.0 Å². The molecule has 2 heterocycles. The molecule has 0 aliphatic heterocycles. The number of benzene rings is 2. The minimum absolute atomic E-state index is 0.0827. The van der Waals surface area contributed by atoms with E-state index in [1.165, 1.54) is 16.7 Å². The maximum Gasteiger partial charge on any atom is 0.253 e. The van der Waals surface area contributed by atoms with Crippen LogP contribution in [0.5, 0.6) is 0 Å². The summed E-state index contributed by atoms with van der Waals surface area (Å²) in [4.78, 5) is 16.8. The maximum absolute atomic E-state index is 13.8. The van der Waals surface area contributed by atoms with Gasteiger partial charge in [0.2, 0.25) is 10.0 Å².